The molecule has 1 amide bonds. The molecule has 0 unspecified atom stereocenters. The SMILES string of the molecule is Cc1nc(=O)c2ccccc2n1C1=CCN(C(=O)CCn2cccn2)CC1. The lowest BCUT2D eigenvalue weighted by molar-refractivity contribution is -0.131. The molecule has 0 aliphatic carbocycles. The molecule has 0 radical (unpaired) electrons. The van der Waals surface area contributed by atoms with Crippen LogP contribution in [0.25, 0.3) is 16.6 Å². The van der Waals surface area contributed by atoms with Crippen LogP contribution in [-0.4, -0.2) is 43.2 Å². The first-order valence-electron chi connectivity index (χ1n) is 9.06. The second kappa shape index (κ2) is 7.19. The molecule has 0 saturated heterocycles. The summed E-state index contributed by atoms with van der Waals surface area (Å²) in [4.78, 5) is 30.6. The van der Waals surface area contributed by atoms with E-state index in [1.807, 2.05) is 46.9 Å². The maximum absolute atomic E-state index is 12.5. The van der Waals surface area contributed by atoms with E-state index in [4.69, 9.17) is 0 Å². The fourth-order valence-electron chi connectivity index (χ4n) is 3.53. The van der Waals surface area contributed by atoms with Crippen molar-refractivity contribution in [2.45, 2.75) is 26.3 Å². The van der Waals surface area contributed by atoms with Crippen molar-refractivity contribution < 1.29 is 4.79 Å². The average Bonchev–Trinajstić information content (AvgIpc) is 3.20. The summed E-state index contributed by atoms with van der Waals surface area (Å²) in [6.45, 7) is 3.65. The highest BCUT2D eigenvalue weighted by Crippen LogP contribution is 2.22. The highest BCUT2D eigenvalue weighted by molar-refractivity contribution is 5.82. The number of hydrogen-bond donors (Lipinski definition) is 0. The van der Waals surface area contributed by atoms with Gasteiger partial charge < -0.3 is 9.47 Å². The summed E-state index contributed by atoms with van der Waals surface area (Å²) in [5.41, 5.74) is 1.73. The highest BCUT2D eigenvalue weighted by Gasteiger charge is 2.20. The molecular formula is C20H21N5O2. The van der Waals surface area contributed by atoms with E-state index >= 15 is 0 Å². The Balaban J connectivity index is 1.53. The fourth-order valence-corrected chi connectivity index (χ4v) is 3.53. The summed E-state index contributed by atoms with van der Waals surface area (Å²) in [5.74, 6) is 0.795. The molecular weight excluding hydrogens is 342 g/mol. The molecule has 0 N–H and O–H groups in total. The molecule has 0 spiro atoms. The molecule has 0 saturated carbocycles. The Morgan fingerprint density at radius 2 is 2.07 bits per heavy atom. The van der Waals surface area contributed by atoms with Gasteiger partial charge in [-0.1, -0.05) is 12.1 Å². The van der Waals surface area contributed by atoms with Gasteiger partial charge in [-0.15, -0.1) is 0 Å². The molecule has 4 rings (SSSR count). The molecule has 138 valence electrons. The Morgan fingerprint density at radius 1 is 1.22 bits per heavy atom. The Morgan fingerprint density at radius 3 is 2.81 bits per heavy atom. The first kappa shape index (κ1) is 17.2. The molecule has 0 fully saturated rings. The molecule has 7 nitrogen and oxygen atoms in total. The molecule has 0 bridgehead atoms. The zero-order chi connectivity index (χ0) is 18.8. The lowest BCUT2D eigenvalue weighted by Crippen LogP contribution is -2.36. The molecule has 1 aromatic carbocycles. The van der Waals surface area contributed by atoms with Gasteiger partial charge in [0.05, 0.1) is 10.9 Å². The van der Waals surface area contributed by atoms with E-state index in [2.05, 4.69) is 16.2 Å². The summed E-state index contributed by atoms with van der Waals surface area (Å²) >= 11 is 0. The van der Waals surface area contributed by atoms with Gasteiger partial charge in [0, 0.05) is 50.6 Å². The quantitative estimate of drug-likeness (QED) is 0.711. The number of benzene rings is 1. The monoisotopic (exact) mass is 363 g/mol. The van der Waals surface area contributed by atoms with Crippen molar-refractivity contribution in [2.24, 2.45) is 0 Å². The third kappa shape index (κ3) is 3.40. The van der Waals surface area contributed by atoms with Crippen molar-refractivity contribution in [1.29, 1.82) is 0 Å². The van der Waals surface area contributed by atoms with E-state index < -0.39 is 0 Å². The van der Waals surface area contributed by atoms with Crippen LogP contribution in [0.3, 0.4) is 0 Å². The standard InChI is InChI=1S/C20H21N5O2/c1-15-22-20(27)17-5-2-3-6-18(17)25(15)16-7-12-23(13-8-16)19(26)9-14-24-11-4-10-21-24/h2-7,10-11H,8-9,12-14H2,1H3. The van der Waals surface area contributed by atoms with E-state index in [0.29, 0.717) is 37.3 Å². The predicted molar refractivity (Wildman–Crippen MR) is 103 cm³/mol. The molecule has 7 heteroatoms. The number of amides is 1. The molecule has 1 aliphatic rings. The van der Waals surface area contributed by atoms with Crippen LogP contribution in [0, 0.1) is 6.92 Å². The second-order valence-electron chi connectivity index (χ2n) is 6.62. The summed E-state index contributed by atoms with van der Waals surface area (Å²) < 4.78 is 3.80. The molecule has 2 aromatic heterocycles. The highest BCUT2D eigenvalue weighted by atomic mass is 16.2. The number of hydrogen-bond acceptors (Lipinski definition) is 4. The van der Waals surface area contributed by atoms with E-state index in [-0.39, 0.29) is 11.5 Å². The number of carbonyl (C=O) groups is 1. The van der Waals surface area contributed by atoms with Crippen LogP contribution in [0.4, 0.5) is 0 Å². The van der Waals surface area contributed by atoms with Gasteiger partial charge in [0.15, 0.2) is 0 Å². The third-order valence-corrected chi connectivity index (χ3v) is 4.90. The molecule has 3 aromatic rings. The normalized spacial score (nSPS) is 14.4. The number of aromatic nitrogens is 4. The van der Waals surface area contributed by atoms with Crippen LogP contribution in [0.2, 0.25) is 0 Å². The minimum absolute atomic E-state index is 0.125. The molecule has 0 atom stereocenters. The van der Waals surface area contributed by atoms with Gasteiger partial charge in [0.1, 0.15) is 5.82 Å². The van der Waals surface area contributed by atoms with Crippen molar-refractivity contribution in [1.82, 2.24) is 24.2 Å². The van der Waals surface area contributed by atoms with Crippen molar-refractivity contribution >= 4 is 22.5 Å². The van der Waals surface area contributed by atoms with Crippen LogP contribution in [0.1, 0.15) is 18.7 Å². The number of carbonyl (C=O) groups excluding carboxylic acids is 1. The topological polar surface area (TPSA) is 73.0 Å². The minimum Gasteiger partial charge on any atom is -0.338 e. The van der Waals surface area contributed by atoms with Crippen LogP contribution >= 0.6 is 0 Å². The molecule has 27 heavy (non-hydrogen) atoms. The van der Waals surface area contributed by atoms with Gasteiger partial charge in [-0.2, -0.15) is 10.1 Å². The van der Waals surface area contributed by atoms with Gasteiger partial charge in [0.2, 0.25) is 5.91 Å². The smallest absolute Gasteiger partial charge is 0.280 e. The number of aryl methyl sites for hydroxylation is 2. The maximum atomic E-state index is 12.5. The van der Waals surface area contributed by atoms with Gasteiger partial charge in [-0.3, -0.25) is 14.3 Å². The van der Waals surface area contributed by atoms with Crippen LogP contribution in [-0.2, 0) is 11.3 Å². The Hall–Kier alpha value is -3.22. The fraction of sp³-hybridized carbons (Fsp3) is 0.300. The minimum atomic E-state index is -0.203. The predicted octanol–water partition coefficient (Wildman–Crippen LogP) is 2.06. The van der Waals surface area contributed by atoms with E-state index in [1.54, 1.807) is 16.9 Å². The summed E-state index contributed by atoms with van der Waals surface area (Å²) in [5, 5.41) is 4.74. The molecule has 3 heterocycles. The largest absolute Gasteiger partial charge is 0.338 e. The van der Waals surface area contributed by atoms with Crippen LogP contribution < -0.4 is 5.56 Å². The number of nitrogens with zero attached hydrogens (tertiary/aromatic N) is 5. The number of rotatable bonds is 4. The van der Waals surface area contributed by atoms with Gasteiger partial charge >= 0.3 is 0 Å². The number of para-hydroxylation sites is 1. The van der Waals surface area contributed by atoms with Crippen LogP contribution in [0.15, 0.2) is 53.6 Å². The Labute approximate surface area is 156 Å². The number of fused-ring (bicyclic) bond motifs is 1. The van der Waals surface area contributed by atoms with Gasteiger partial charge in [-0.25, -0.2) is 0 Å². The van der Waals surface area contributed by atoms with Crippen LogP contribution in [0.5, 0.6) is 0 Å². The first-order chi connectivity index (χ1) is 13.1. The average molecular weight is 363 g/mol. The Bertz CT molecular complexity index is 1070. The zero-order valence-electron chi connectivity index (χ0n) is 15.2. The third-order valence-electron chi connectivity index (χ3n) is 4.90. The van der Waals surface area contributed by atoms with Gasteiger partial charge in [0.25, 0.3) is 5.56 Å². The van der Waals surface area contributed by atoms with Crippen molar-refractivity contribution in [2.75, 3.05) is 13.1 Å². The maximum Gasteiger partial charge on any atom is 0.280 e. The van der Waals surface area contributed by atoms with E-state index in [9.17, 15) is 9.59 Å². The first-order valence-corrected chi connectivity index (χ1v) is 9.06. The summed E-state index contributed by atoms with van der Waals surface area (Å²) in [6, 6.07) is 9.36. The lowest BCUT2D eigenvalue weighted by Gasteiger charge is -2.28. The summed E-state index contributed by atoms with van der Waals surface area (Å²) in [6.07, 6.45) is 6.79. The van der Waals surface area contributed by atoms with E-state index in [1.165, 1.54) is 0 Å². The van der Waals surface area contributed by atoms with Crippen molar-refractivity contribution in [3.05, 3.63) is 65.0 Å². The lowest BCUT2D eigenvalue weighted by atomic mass is 10.1. The zero-order valence-corrected chi connectivity index (χ0v) is 15.2. The summed E-state index contributed by atoms with van der Waals surface area (Å²) in [7, 11) is 0. The second-order valence-corrected chi connectivity index (χ2v) is 6.62. The van der Waals surface area contributed by atoms with Crippen molar-refractivity contribution in [3.8, 4) is 0 Å². The van der Waals surface area contributed by atoms with Crippen molar-refractivity contribution in [3.63, 3.8) is 0 Å². The van der Waals surface area contributed by atoms with E-state index in [0.717, 1.165) is 17.6 Å². The van der Waals surface area contributed by atoms with Gasteiger partial charge in [-0.05, 0) is 31.2 Å². The Kier molecular flexibility index (Phi) is 4.58. The molecule has 1 aliphatic heterocycles.